The van der Waals surface area contributed by atoms with E-state index < -0.39 is 24.3 Å². The highest BCUT2D eigenvalue weighted by Crippen LogP contribution is 2.36. The molecule has 1 aliphatic rings. The van der Waals surface area contributed by atoms with Gasteiger partial charge in [-0.2, -0.15) is 0 Å². The summed E-state index contributed by atoms with van der Waals surface area (Å²) in [6, 6.07) is 1.73. The number of hydrogen-bond acceptors (Lipinski definition) is 5. The van der Waals surface area contributed by atoms with E-state index in [0.717, 1.165) is 0 Å². The van der Waals surface area contributed by atoms with Crippen LogP contribution in [0.5, 0.6) is 0 Å². The summed E-state index contributed by atoms with van der Waals surface area (Å²) in [7, 11) is -0.595. The Hall–Kier alpha value is -1.40. The zero-order valence-electron chi connectivity index (χ0n) is 12.6. The standard InChI is InChI=1S/C14H20BNO4/c1-6-18-12(17)10-9-16-8-7-11(10)15-19-13(2,3)14(4,5)20-15/h7-9H,6H2,1-5H3. The van der Waals surface area contributed by atoms with Crippen molar-refractivity contribution < 1.29 is 18.8 Å². The first-order chi connectivity index (χ1) is 9.28. The van der Waals surface area contributed by atoms with Crippen LogP contribution in [0.15, 0.2) is 18.5 Å². The van der Waals surface area contributed by atoms with Crippen molar-refractivity contribution in [3.05, 3.63) is 24.0 Å². The number of nitrogens with zero attached hydrogens (tertiary/aromatic N) is 1. The molecule has 20 heavy (non-hydrogen) atoms. The number of carbonyl (C=O) groups excluding carboxylic acids is 1. The van der Waals surface area contributed by atoms with Crippen molar-refractivity contribution in [2.45, 2.75) is 45.8 Å². The maximum Gasteiger partial charge on any atom is 0.495 e. The Morgan fingerprint density at radius 3 is 2.45 bits per heavy atom. The molecule has 0 unspecified atom stereocenters. The third-order valence-electron chi connectivity index (χ3n) is 3.86. The Bertz CT molecular complexity index is 500. The van der Waals surface area contributed by atoms with Crippen LogP contribution in [0.1, 0.15) is 45.0 Å². The maximum atomic E-state index is 12.0. The van der Waals surface area contributed by atoms with Gasteiger partial charge in [0.25, 0.3) is 0 Å². The molecule has 1 aromatic rings. The number of carbonyl (C=O) groups is 1. The summed E-state index contributed by atoms with van der Waals surface area (Å²) < 4.78 is 17.0. The Morgan fingerprint density at radius 1 is 1.30 bits per heavy atom. The Balaban J connectivity index is 2.33. The second-order valence-corrected chi connectivity index (χ2v) is 5.77. The molecule has 5 nitrogen and oxygen atoms in total. The Kier molecular flexibility index (Phi) is 3.89. The maximum absolute atomic E-state index is 12.0. The number of pyridine rings is 1. The van der Waals surface area contributed by atoms with Gasteiger partial charge < -0.3 is 14.0 Å². The number of esters is 1. The molecule has 2 heterocycles. The van der Waals surface area contributed by atoms with Gasteiger partial charge in [0.05, 0.1) is 23.4 Å². The van der Waals surface area contributed by atoms with Gasteiger partial charge in [-0.05, 0) is 40.7 Å². The Labute approximate surface area is 119 Å². The van der Waals surface area contributed by atoms with Gasteiger partial charge in [-0.3, -0.25) is 4.98 Å². The number of ether oxygens (including phenoxy) is 1. The molecule has 1 aromatic heterocycles. The van der Waals surface area contributed by atoms with Crippen LogP contribution >= 0.6 is 0 Å². The minimum atomic E-state index is -0.595. The lowest BCUT2D eigenvalue weighted by Gasteiger charge is -2.32. The molecule has 2 rings (SSSR count). The van der Waals surface area contributed by atoms with E-state index >= 15 is 0 Å². The zero-order chi connectivity index (χ0) is 15.0. The molecule has 1 fully saturated rings. The van der Waals surface area contributed by atoms with Crippen molar-refractivity contribution in [3.63, 3.8) is 0 Å². The molecule has 0 aromatic carbocycles. The first-order valence-corrected chi connectivity index (χ1v) is 6.75. The van der Waals surface area contributed by atoms with Crippen LogP contribution in [0.3, 0.4) is 0 Å². The molecule has 0 saturated carbocycles. The first-order valence-electron chi connectivity index (χ1n) is 6.75. The molecule has 6 heteroatoms. The van der Waals surface area contributed by atoms with Crippen molar-refractivity contribution in [3.8, 4) is 0 Å². The predicted octanol–water partition coefficient (Wildman–Crippen LogP) is 1.56. The van der Waals surface area contributed by atoms with Crippen LogP contribution < -0.4 is 5.46 Å². The van der Waals surface area contributed by atoms with Crippen molar-refractivity contribution >= 4 is 18.6 Å². The van der Waals surface area contributed by atoms with E-state index in [0.29, 0.717) is 17.6 Å². The molecule has 108 valence electrons. The molecule has 0 N–H and O–H groups in total. The fraction of sp³-hybridized carbons (Fsp3) is 0.571. The van der Waals surface area contributed by atoms with Gasteiger partial charge in [0.15, 0.2) is 0 Å². The highest BCUT2D eigenvalue weighted by molar-refractivity contribution is 6.63. The van der Waals surface area contributed by atoms with E-state index in [1.54, 1.807) is 19.2 Å². The molecule has 0 bridgehead atoms. The van der Waals surface area contributed by atoms with Crippen LogP contribution in [0.2, 0.25) is 0 Å². The quantitative estimate of drug-likeness (QED) is 0.620. The van der Waals surface area contributed by atoms with E-state index in [1.807, 2.05) is 27.7 Å². The number of aromatic nitrogens is 1. The van der Waals surface area contributed by atoms with Crippen molar-refractivity contribution in [2.75, 3.05) is 6.61 Å². The van der Waals surface area contributed by atoms with E-state index in [2.05, 4.69) is 4.98 Å². The average molecular weight is 277 g/mol. The van der Waals surface area contributed by atoms with Crippen molar-refractivity contribution in [1.29, 1.82) is 0 Å². The molecule has 0 amide bonds. The summed E-state index contributed by atoms with van der Waals surface area (Å²) in [6.07, 6.45) is 3.10. The molecule has 1 saturated heterocycles. The SMILES string of the molecule is CCOC(=O)c1cnccc1B1OC(C)(C)C(C)(C)O1. The predicted molar refractivity (Wildman–Crippen MR) is 75.9 cm³/mol. The van der Waals surface area contributed by atoms with Gasteiger partial charge in [-0.15, -0.1) is 0 Å². The van der Waals surface area contributed by atoms with Gasteiger partial charge in [0, 0.05) is 17.9 Å². The molecule has 0 spiro atoms. The largest absolute Gasteiger partial charge is 0.495 e. The van der Waals surface area contributed by atoms with E-state index in [9.17, 15) is 4.79 Å². The molecule has 0 radical (unpaired) electrons. The second kappa shape index (κ2) is 5.18. The number of hydrogen-bond donors (Lipinski definition) is 0. The van der Waals surface area contributed by atoms with Gasteiger partial charge in [-0.1, -0.05) is 0 Å². The smallest absolute Gasteiger partial charge is 0.462 e. The first kappa shape index (κ1) is 15.0. The summed E-state index contributed by atoms with van der Waals surface area (Å²) in [5.41, 5.74) is 0.129. The van der Waals surface area contributed by atoms with Crippen LogP contribution in [-0.4, -0.2) is 35.9 Å². The van der Waals surface area contributed by atoms with E-state index in [1.165, 1.54) is 6.20 Å². The van der Waals surface area contributed by atoms with Gasteiger partial charge in [0.2, 0.25) is 0 Å². The van der Waals surface area contributed by atoms with E-state index in [4.69, 9.17) is 14.0 Å². The summed E-state index contributed by atoms with van der Waals surface area (Å²) in [5, 5.41) is 0. The lowest BCUT2D eigenvalue weighted by atomic mass is 9.76. The summed E-state index contributed by atoms with van der Waals surface area (Å²) >= 11 is 0. The monoisotopic (exact) mass is 277 g/mol. The zero-order valence-corrected chi connectivity index (χ0v) is 12.6. The van der Waals surface area contributed by atoms with Crippen LogP contribution in [0, 0.1) is 0 Å². The van der Waals surface area contributed by atoms with Crippen molar-refractivity contribution in [2.24, 2.45) is 0 Å². The molecule has 1 aliphatic heterocycles. The Morgan fingerprint density at radius 2 is 1.90 bits per heavy atom. The topological polar surface area (TPSA) is 57.7 Å². The average Bonchev–Trinajstić information content (AvgIpc) is 2.59. The van der Waals surface area contributed by atoms with Gasteiger partial charge in [0.1, 0.15) is 0 Å². The van der Waals surface area contributed by atoms with Crippen LogP contribution in [0.4, 0.5) is 0 Å². The third-order valence-corrected chi connectivity index (χ3v) is 3.86. The fourth-order valence-electron chi connectivity index (χ4n) is 1.96. The van der Waals surface area contributed by atoms with Gasteiger partial charge >= 0.3 is 13.1 Å². The second-order valence-electron chi connectivity index (χ2n) is 5.77. The summed E-state index contributed by atoms with van der Waals surface area (Å²) in [5.74, 6) is -0.412. The fourth-order valence-corrected chi connectivity index (χ4v) is 1.96. The molecular weight excluding hydrogens is 257 g/mol. The summed E-state index contributed by atoms with van der Waals surface area (Å²) in [6.45, 7) is 9.96. The lowest BCUT2D eigenvalue weighted by Crippen LogP contribution is -2.41. The molecule has 0 atom stereocenters. The molecular formula is C14H20BNO4. The van der Waals surface area contributed by atoms with Crippen LogP contribution in [0.25, 0.3) is 0 Å². The molecule has 0 aliphatic carbocycles. The minimum Gasteiger partial charge on any atom is -0.462 e. The van der Waals surface area contributed by atoms with E-state index in [-0.39, 0.29) is 0 Å². The van der Waals surface area contributed by atoms with Crippen molar-refractivity contribution in [1.82, 2.24) is 4.98 Å². The van der Waals surface area contributed by atoms with Gasteiger partial charge in [-0.25, -0.2) is 4.79 Å². The minimum absolute atomic E-state index is 0.316. The normalized spacial score (nSPS) is 19.9. The third kappa shape index (κ3) is 2.58. The lowest BCUT2D eigenvalue weighted by molar-refractivity contribution is 0.00578. The highest BCUT2D eigenvalue weighted by atomic mass is 16.7. The summed E-state index contributed by atoms with van der Waals surface area (Å²) in [4.78, 5) is 16.0. The van der Waals surface area contributed by atoms with Crippen LogP contribution in [-0.2, 0) is 14.0 Å². The number of rotatable bonds is 3. The highest BCUT2D eigenvalue weighted by Gasteiger charge is 2.52.